The van der Waals surface area contributed by atoms with Crippen molar-refractivity contribution >= 4 is 0 Å². The fourth-order valence-electron chi connectivity index (χ4n) is 14.8. The third kappa shape index (κ3) is 10.1. The van der Waals surface area contributed by atoms with Gasteiger partial charge < -0.3 is 0 Å². The average Bonchev–Trinajstić information content (AvgIpc) is 3.20. The molecular weight excluding hydrogens is 577 g/mol. The van der Waals surface area contributed by atoms with Gasteiger partial charge >= 0.3 is 0 Å². The number of hydrogen-bond acceptors (Lipinski definition) is 0. The van der Waals surface area contributed by atoms with Crippen LogP contribution in [0.1, 0.15) is 231 Å². The minimum absolute atomic E-state index is 1.11. The van der Waals surface area contributed by atoms with Crippen molar-refractivity contribution in [3.05, 3.63) is 0 Å². The molecule has 0 nitrogen and oxygen atoms in total. The van der Waals surface area contributed by atoms with Crippen LogP contribution in [-0.4, -0.2) is 0 Å². The molecule has 0 aromatic carbocycles. The zero-order chi connectivity index (χ0) is 32.4. The Balaban J connectivity index is 0.000000255. The molecule has 0 aromatic rings. The topological polar surface area (TPSA) is 0 Å². The molecule has 0 unspecified atom stereocenters. The molecule has 0 aromatic heterocycles. The van der Waals surface area contributed by atoms with E-state index in [0.29, 0.717) is 0 Å². The molecule has 0 atom stereocenters. The van der Waals surface area contributed by atoms with Crippen molar-refractivity contribution in [3.8, 4) is 0 Å². The molecule has 8 saturated carbocycles. The molecule has 0 N–H and O–H groups in total. The van der Waals surface area contributed by atoms with Gasteiger partial charge in [-0.15, -0.1) is 0 Å². The van der Waals surface area contributed by atoms with Crippen LogP contribution < -0.4 is 0 Å². The maximum Gasteiger partial charge on any atom is -0.0386 e. The summed E-state index contributed by atoms with van der Waals surface area (Å²) in [6.07, 6.45) is 56.5. The van der Waals surface area contributed by atoms with E-state index in [9.17, 15) is 0 Å². The zero-order valence-electron chi connectivity index (χ0n) is 32.4. The molecule has 276 valence electrons. The molecule has 0 heterocycles. The van der Waals surface area contributed by atoms with Crippen LogP contribution in [0.4, 0.5) is 0 Å². The minimum Gasteiger partial charge on any atom is -0.0533 e. The molecule has 0 bridgehead atoms. The Morgan fingerprint density at radius 1 is 0.104 bits per heavy atom. The molecular formula is C48H84. The van der Waals surface area contributed by atoms with Crippen molar-refractivity contribution in [2.45, 2.75) is 231 Å². The second-order valence-corrected chi connectivity index (χ2v) is 20.3. The first-order valence-electron chi connectivity index (χ1n) is 23.8. The van der Waals surface area contributed by atoms with E-state index in [4.69, 9.17) is 0 Å². The lowest BCUT2D eigenvalue weighted by Crippen LogP contribution is -2.32. The van der Waals surface area contributed by atoms with Crippen LogP contribution >= 0.6 is 0 Å². The highest BCUT2D eigenvalue weighted by Gasteiger charge is 2.38. The zero-order valence-corrected chi connectivity index (χ0v) is 32.4. The minimum atomic E-state index is 1.11. The lowest BCUT2D eigenvalue weighted by atomic mass is 9.62. The average molecular weight is 661 g/mol. The molecule has 0 aliphatic heterocycles. The SMILES string of the molecule is C1CCC(C2CCC(C3CCC(C4CCC(C5CCC(C6CCCCC6)CC5)CC4)CC3)CC2)CC1.C1CCC(C2CCCCC2)CC1. The van der Waals surface area contributed by atoms with Crippen molar-refractivity contribution in [2.24, 2.45) is 71.0 Å². The Hall–Kier alpha value is 0. The van der Waals surface area contributed by atoms with E-state index in [-0.39, 0.29) is 0 Å². The number of hydrogen-bond donors (Lipinski definition) is 0. The van der Waals surface area contributed by atoms with Gasteiger partial charge in [0.25, 0.3) is 0 Å². The fraction of sp³-hybridized carbons (Fsp3) is 1.00. The van der Waals surface area contributed by atoms with Crippen LogP contribution in [0.5, 0.6) is 0 Å². The van der Waals surface area contributed by atoms with Gasteiger partial charge in [0.1, 0.15) is 0 Å². The summed E-state index contributed by atoms with van der Waals surface area (Å²) in [7, 11) is 0. The highest BCUT2D eigenvalue weighted by molar-refractivity contribution is 4.89. The van der Waals surface area contributed by atoms with E-state index in [1.54, 1.807) is 154 Å². The fourth-order valence-corrected chi connectivity index (χ4v) is 14.8. The molecule has 0 amide bonds. The van der Waals surface area contributed by atoms with Crippen LogP contribution in [0.25, 0.3) is 0 Å². The monoisotopic (exact) mass is 661 g/mol. The van der Waals surface area contributed by atoms with Gasteiger partial charge in [-0.05, 0) is 174 Å². The van der Waals surface area contributed by atoms with Crippen LogP contribution in [0.15, 0.2) is 0 Å². The first-order valence-corrected chi connectivity index (χ1v) is 23.8. The van der Waals surface area contributed by atoms with Crippen molar-refractivity contribution in [3.63, 3.8) is 0 Å². The first kappa shape index (κ1) is 36.4. The van der Waals surface area contributed by atoms with Crippen molar-refractivity contribution in [2.75, 3.05) is 0 Å². The summed E-state index contributed by atoms with van der Waals surface area (Å²) in [6, 6.07) is 0. The summed E-state index contributed by atoms with van der Waals surface area (Å²) in [5, 5.41) is 0. The van der Waals surface area contributed by atoms with Gasteiger partial charge in [-0.25, -0.2) is 0 Å². The Kier molecular flexibility index (Phi) is 14.5. The van der Waals surface area contributed by atoms with Crippen LogP contribution in [-0.2, 0) is 0 Å². The van der Waals surface area contributed by atoms with Crippen molar-refractivity contribution in [1.82, 2.24) is 0 Å². The van der Waals surface area contributed by atoms with Crippen LogP contribution in [0, 0.1) is 71.0 Å². The maximum atomic E-state index is 1.61. The van der Waals surface area contributed by atoms with Gasteiger partial charge in [0.2, 0.25) is 0 Å². The van der Waals surface area contributed by atoms with E-state index >= 15 is 0 Å². The summed E-state index contributed by atoms with van der Waals surface area (Å²) in [5.41, 5.74) is 0. The Bertz CT molecular complexity index is 760. The van der Waals surface area contributed by atoms with Gasteiger partial charge in [-0.1, -0.05) is 128 Å². The third-order valence-electron chi connectivity index (χ3n) is 17.9. The molecule has 48 heavy (non-hydrogen) atoms. The summed E-state index contributed by atoms with van der Waals surface area (Å²) < 4.78 is 0. The smallest absolute Gasteiger partial charge is 0.0386 e. The number of rotatable bonds is 6. The summed E-state index contributed by atoms with van der Waals surface area (Å²) in [4.78, 5) is 0. The molecule has 8 rings (SSSR count). The standard InChI is InChI=1S/C36H62.C12H22/c1-3-7-27(8-4-1)29-11-15-31(16-12-29)33-19-23-35(24-20-33)36-25-21-34(22-26-36)32-17-13-30(14-18-32)28-9-5-2-6-10-28;1-3-7-11(8-4-1)12-9-5-2-6-10-12/h27-36H,1-26H2;11-12H,1-10H2. The third-order valence-corrected chi connectivity index (χ3v) is 17.9. The first-order chi connectivity index (χ1) is 23.8. The van der Waals surface area contributed by atoms with Gasteiger partial charge in [0, 0.05) is 0 Å². The molecule has 8 fully saturated rings. The van der Waals surface area contributed by atoms with E-state index in [0.717, 1.165) is 71.0 Å². The Morgan fingerprint density at radius 2 is 0.208 bits per heavy atom. The summed E-state index contributed by atoms with van der Waals surface area (Å²) in [5.74, 6) is 13.5. The van der Waals surface area contributed by atoms with Crippen molar-refractivity contribution < 1.29 is 0 Å². The van der Waals surface area contributed by atoms with E-state index in [1.165, 1.54) is 77.0 Å². The highest BCUT2D eigenvalue weighted by Crippen LogP contribution is 2.50. The van der Waals surface area contributed by atoms with Gasteiger partial charge in [-0.3, -0.25) is 0 Å². The van der Waals surface area contributed by atoms with Gasteiger partial charge in [-0.2, -0.15) is 0 Å². The molecule has 8 aliphatic carbocycles. The molecule has 0 saturated heterocycles. The maximum absolute atomic E-state index is 1.61. The summed E-state index contributed by atoms with van der Waals surface area (Å²) >= 11 is 0. The summed E-state index contributed by atoms with van der Waals surface area (Å²) in [6.45, 7) is 0. The lowest BCUT2D eigenvalue weighted by molar-refractivity contribution is 0.0732. The van der Waals surface area contributed by atoms with Crippen LogP contribution in [0.2, 0.25) is 0 Å². The molecule has 0 heteroatoms. The second kappa shape index (κ2) is 19.2. The quantitative estimate of drug-likeness (QED) is 0.266. The predicted molar refractivity (Wildman–Crippen MR) is 208 cm³/mol. The van der Waals surface area contributed by atoms with E-state index < -0.39 is 0 Å². The van der Waals surface area contributed by atoms with Gasteiger partial charge in [0.05, 0.1) is 0 Å². The second-order valence-electron chi connectivity index (χ2n) is 20.3. The van der Waals surface area contributed by atoms with Gasteiger partial charge in [0.15, 0.2) is 0 Å². The predicted octanol–water partition coefficient (Wildman–Crippen LogP) is 15.5. The highest BCUT2D eigenvalue weighted by atomic mass is 14.4. The molecule has 0 spiro atoms. The molecule has 0 radical (unpaired) electrons. The lowest BCUT2D eigenvalue weighted by Gasteiger charge is -2.44. The Labute approximate surface area is 301 Å². The normalized spacial score (nSPS) is 40.5. The Morgan fingerprint density at radius 3 is 0.333 bits per heavy atom. The van der Waals surface area contributed by atoms with E-state index in [1.807, 2.05) is 0 Å². The van der Waals surface area contributed by atoms with Crippen molar-refractivity contribution in [1.29, 1.82) is 0 Å². The largest absolute Gasteiger partial charge is 0.0533 e. The van der Waals surface area contributed by atoms with Crippen LogP contribution in [0.3, 0.4) is 0 Å². The van der Waals surface area contributed by atoms with E-state index in [2.05, 4.69) is 0 Å². The molecule has 8 aliphatic rings.